The highest BCUT2D eigenvalue weighted by Crippen LogP contribution is 2.10. The van der Waals surface area contributed by atoms with Gasteiger partial charge in [0.2, 0.25) is 5.91 Å². The molecule has 4 nitrogen and oxygen atoms in total. The van der Waals surface area contributed by atoms with Gasteiger partial charge in [0.05, 0.1) is 12.7 Å². The van der Waals surface area contributed by atoms with E-state index in [1.54, 1.807) is 0 Å². The summed E-state index contributed by atoms with van der Waals surface area (Å²) in [5, 5.41) is 12.1. The van der Waals surface area contributed by atoms with Crippen LogP contribution in [0.3, 0.4) is 0 Å². The van der Waals surface area contributed by atoms with E-state index >= 15 is 0 Å². The zero-order valence-corrected chi connectivity index (χ0v) is 15.4. The minimum absolute atomic E-state index is 0.0397. The minimum atomic E-state index is -0.270. The molecule has 0 radical (unpaired) electrons. The molecule has 0 aliphatic heterocycles. The Morgan fingerprint density at radius 2 is 1.48 bits per heavy atom. The summed E-state index contributed by atoms with van der Waals surface area (Å²) < 4.78 is 5.52. The van der Waals surface area contributed by atoms with Crippen LogP contribution in [0.1, 0.15) is 90.9 Å². The molecule has 0 aliphatic carbocycles. The molecule has 0 saturated carbocycles. The van der Waals surface area contributed by atoms with Gasteiger partial charge in [-0.2, -0.15) is 0 Å². The van der Waals surface area contributed by atoms with Gasteiger partial charge < -0.3 is 15.2 Å². The first kappa shape index (κ1) is 22.4. The van der Waals surface area contributed by atoms with Gasteiger partial charge in [-0.15, -0.1) is 0 Å². The Bertz CT molecular complexity index is 259. The highest BCUT2D eigenvalue weighted by atomic mass is 16.5. The van der Waals surface area contributed by atoms with Gasteiger partial charge in [0.1, 0.15) is 0 Å². The maximum atomic E-state index is 11.8. The lowest BCUT2D eigenvalue weighted by Crippen LogP contribution is -2.35. The Balaban J connectivity index is 3.41. The van der Waals surface area contributed by atoms with E-state index < -0.39 is 0 Å². The zero-order valence-electron chi connectivity index (χ0n) is 15.4. The second-order valence-electron chi connectivity index (χ2n) is 6.41. The Kier molecular flexibility index (Phi) is 17.3. The molecular formula is C19H39NO3. The number of aliphatic hydroxyl groups is 1. The van der Waals surface area contributed by atoms with Crippen molar-refractivity contribution in [2.24, 2.45) is 0 Å². The van der Waals surface area contributed by atoms with E-state index in [0.717, 1.165) is 25.7 Å². The molecule has 0 saturated heterocycles. The van der Waals surface area contributed by atoms with Crippen molar-refractivity contribution < 1.29 is 14.6 Å². The smallest absolute Gasteiger partial charge is 0.220 e. The summed E-state index contributed by atoms with van der Waals surface area (Å²) in [5.74, 6) is 0.0745. The van der Waals surface area contributed by atoms with E-state index in [1.165, 1.54) is 44.9 Å². The molecule has 1 atom stereocenters. The summed E-state index contributed by atoms with van der Waals surface area (Å²) >= 11 is 0. The van der Waals surface area contributed by atoms with Gasteiger partial charge in [-0.3, -0.25) is 4.79 Å². The molecule has 0 unspecified atom stereocenters. The number of ether oxygens (including phenoxy) is 1. The third kappa shape index (κ3) is 16.0. The van der Waals surface area contributed by atoms with Gasteiger partial charge in [0.15, 0.2) is 0 Å². The first-order chi connectivity index (χ1) is 11.2. The predicted octanol–water partition coefficient (Wildman–Crippen LogP) is 4.20. The molecule has 0 fully saturated rings. The van der Waals surface area contributed by atoms with Crippen LogP contribution in [0.2, 0.25) is 0 Å². The number of carbonyl (C=O) groups is 1. The van der Waals surface area contributed by atoms with Gasteiger partial charge in [-0.25, -0.2) is 0 Å². The minimum Gasteiger partial charge on any atom is -0.394 e. The van der Waals surface area contributed by atoms with Crippen molar-refractivity contribution in [1.82, 2.24) is 5.32 Å². The summed E-state index contributed by atoms with van der Waals surface area (Å²) in [4.78, 5) is 11.8. The van der Waals surface area contributed by atoms with Crippen molar-refractivity contribution in [2.75, 3.05) is 19.8 Å². The Labute approximate surface area is 143 Å². The SMILES string of the molecule is CCCCCCCCCCCC(=O)NC[C@@H](CO)OCCCC. The van der Waals surface area contributed by atoms with Crippen LogP contribution in [-0.2, 0) is 9.53 Å². The van der Waals surface area contributed by atoms with Crippen LogP contribution in [0.25, 0.3) is 0 Å². The standard InChI is InChI=1S/C19H39NO3/c1-3-5-7-8-9-10-11-12-13-14-19(22)20-16-18(17-21)23-15-6-4-2/h18,21H,3-17H2,1-2H3,(H,20,22)/t18-/m0/s1. The largest absolute Gasteiger partial charge is 0.394 e. The third-order valence-corrected chi connectivity index (χ3v) is 4.09. The first-order valence-electron chi connectivity index (χ1n) is 9.73. The molecule has 0 heterocycles. The van der Waals surface area contributed by atoms with Gasteiger partial charge in [-0.05, 0) is 12.8 Å². The molecule has 0 rings (SSSR count). The van der Waals surface area contributed by atoms with Crippen molar-refractivity contribution in [1.29, 1.82) is 0 Å². The number of amides is 1. The van der Waals surface area contributed by atoms with E-state index in [2.05, 4.69) is 19.2 Å². The lowest BCUT2D eigenvalue weighted by atomic mass is 10.1. The second kappa shape index (κ2) is 17.7. The average molecular weight is 330 g/mol. The normalized spacial score (nSPS) is 12.3. The molecule has 4 heteroatoms. The molecule has 0 aliphatic rings. The summed E-state index contributed by atoms with van der Waals surface area (Å²) in [6, 6.07) is 0. The lowest BCUT2D eigenvalue weighted by Gasteiger charge is -2.16. The third-order valence-electron chi connectivity index (χ3n) is 4.09. The van der Waals surface area contributed by atoms with Gasteiger partial charge >= 0.3 is 0 Å². The number of hydrogen-bond acceptors (Lipinski definition) is 3. The van der Waals surface area contributed by atoms with E-state index in [0.29, 0.717) is 19.6 Å². The molecule has 1 amide bonds. The van der Waals surface area contributed by atoms with Gasteiger partial charge in [0, 0.05) is 19.6 Å². The van der Waals surface area contributed by atoms with Crippen molar-refractivity contribution in [3.05, 3.63) is 0 Å². The summed E-state index contributed by atoms with van der Waals surface area (Å²) in [6.45, 7) is 5.36. The fraction of sp³-hybridized carbons (Fsp3) is 0.947. The molecule has 0 bridgehead atoms. The molecule has 0 spiro atoms. The second-order valence-corrected chi connectivity index (χ2v) is 6.41. The molecule has 2 N–H and O–H groups in total. The number of aliphatic hydroxyl groups excluding tert-OH is 1. The molecule has 0 aromatic heterocycles. The van der Waals surface area contributed by atoms with Crippen LogP contribution in [0.4, 0.5) is 0 Å². The molecule has 138 valence electrons. The van der Waals surface area contributed by atoms with E-state index in [-0.39, 0.29) is 18.6 Å². The predicted molar refractivity (Wildman–Crippen MR) is 96.6 cm³/mol. The summed E-state index contributed by atoms with van der Waals surface area (Å²) in [7, 11) is 0. The highest BCUT2D eigenvalue weighted by molar-refractivity contribution is 5.75. The van der Waals surface area contributed by atoms with Crippen LogP contribution >= 0.6 is 0 Å². The number of unbranched alkanes of at least 4 members (excludes halogenated alkanes) is 9. The van der Waals surface area contributed by atoms with Crippen LogP contribution in [0.5, 0.6) is 0 Å². The number of hydrogen-bond donors (Lipinski definition) is 2. The number of nitrogens with one attached hydrogen (secondary N) is 1. The first-order valence-corrected chi connectivity index (χ1v) is 9.73. The van der Waals surface area contributed by atoms with Crippen LogP contribution in [0, 0.1) is 0 Å². The zero-order chi connectivity index (χ0) is 17.2. The van der Waals surface area contributed by atoms with Crippen LogP contribution < -0.4 is 5.32 Å². The number of rotatable bonds is 17. The Hall–Kier alpha value is -0.610. The van der Waals surface area contributed by atoms with Crippen LogP contribution in [0.15, 0.2) is 0 Å². The molecule has 0 aromatic carbocycles. The van der Waals surface area contributed by atoms with Gasteiger partial charge in [0.25, 0.3) is 0 Å². The van der Waals surface area contributed by atoms with E-state index in [4.69, 9.17) is 4.74 Å². The van der Waals surface area contributed by atoms with Crippen molar-refractivity contribution >= 4 is 5.91 Å². The molecule has 23 heavy (non-hydrogen) atoms. The topological polar surface area (TPSA) is 58.6 Å². The molecule has 0 aromatic rings. The van der Waals surface area contributed by atoms with Crippen molar-refractivity contribution in [3.63, 3.8) is 0 Å². The fourth-order valence-corrected chi connectivity index (χ4v) is 2.48. The molecular weight excluding hydrogens is 290 g/mol. The number of carbonyl (C=O) groups excluding carboxylic acids is 1. The fourth-order valence-electron chi connectivity index (χ4n) is 2.48. The van der Waals surface area contributed by atoms with Crippen LogP contribution in [-0.4, -0.2) is 36.9 Å². The Morgan fingerprint density at radius 3 is 2.04 bits per heavy atom. The van der Waals surface area contributed by atoms with E-state index in [1.807, 2.05) is 0 Å². The van der Waals surface area contributed by atoms with Crippen molar-refractivity contribution in [3.8, 4) is 0 Å². The van der Waals surface area contributed by atoms with E-state index in [9.17, 15) is 9.90 Å². The summed E-state index contributed by atoms with van der Waals surface area (Å²) in [5.41, 5.74) is 0. The highest BCUT2D eigenvalue weighted by Gasteiger charge is 2.09. The lowest BCUT2D eigenvalue weighted by molar-refractivity contribution is -0.122. The maximum Gasteiger partial charge on any atom is 0.220 e. The maximum absolute atomic E-state index is 11.8. The Morgan fingerprint density at radius 1 is 0.913 bits per heavy atom. The summed E-state index contributed by atoms with van der Waals surface area (Å²) in [6.07, 6.45) is 13.7. The average Bonchev–Trinajstić information content (AvgIpc) is 2.56. The van der Waals surface area contributed by atoms with Crippen molar-refractivity contribution in [2.45, 2.75) is 97.0 Å². The van der Waals surface area contributed by atoms with Gasteiger partial charge in [-0.1, -0.05) is 71.6 Å². The quantitative estimate of drug-likeness (QED) is 0.393. The monoisotopic (exact) mass is 329 g/mol.